The number of ether oxygens (including phenoxy) is 4. The highest BCUT2D eigenvalue weighted by atomic mass is 16.7. The highest BCUT2D eigenvalue weighted by molar-refractivity contribution is 5.76. The van der Waals surface area contributed by atoms with Crippen molar-refractivity contribution in [3.8, 4) is 0 Å². The van der Waals surface area contributed by atoms with Gasteiger partial charge in [0, 0.05) is 6.42 Å². The van der Waals surface area contributed by atoms with Crippen molar-refractivity contribution < 1.29 is 64.6 Å². The number of unbranched alkanes of at least 4 members (excludes halogenated alkanes) is 30. The zero-order valence-corrected chi connectivity index (χ0v) is 42.2. The fourth-order valence-electron chi connectivity index (χ4n) is 9.23. The molecule has 0 aromatic rings. The van der Waals surface area contributed by atoms with Crippen molar-refractivity contribution in [2.75, 3.05) is 19.8 Å². The summed E-state index contributed by atoms with van der Waals surface area (Å²) in [5.41, 5.74) is 0. The van der Waals surface area contributed by atoms with Crippen LogP contribution < -0.4 is 5.32 Å². The van der Waals surface area contributed by atoms with Gasteiger partial charge in [-0.2, -0.15) is 0 Å². The minimum Gasteiger partial charge on any atom is -0.394 e. The molecule has 4 unspecified atom stereocenters. The molecule has 0 aromatic carbocycles. The molecule has 2 aliphatic rings. The maximum Gasteiger partial charge on any atom is 0.220 e. The van der Waals surface area contributed by atoms with Crippen molar-refractivity contribution in [2.45, 2.75) is 299 Å². The van der Waals surface area contributed by atoms with Crippen LogP contribution in [0.5, 0.6) is 0 Å². The van der Waals surface area contributed by atoms with Gasteiger partial charge < -0.3 is 65.1 Å². The first-order chi connectivity index (χ1) is 32.6. The maximum absolute atomic E-state index is 13.2. The Bertz CT molecular complexity index is 1180. The molecule has 9 N–H and O–H groups in total. The Morgan fingerprint density at radius 2 is 0.925 bits per heavy atom. The molecule has 0 aromatic heterocycles. The Balaban J connectivity index is 1.77. The Morgan fingerprint density at radius 3 is 1.37 bits per heavy atom. The van der Waals surface area contributed by atoms with Crippen LogP contribution in [0.25, 0.3) is 0 Å². The van der Waals surface area contributed by atoms with E-state index in [0.717, 1.165) is 38.5 Å². The molecule has 396 valence electrons. The lowest BCUT2D eigenvalue weighted by molar-refractivity contribution is -0.359. The Morgan fingerprint density at radius 1 is 0.522 bits per heavy atom. The van der Waals surface area contributed by atoms with Gasteiger partial charge in [0.05, 0.1) is 32.0 Å². The quantitative estimate of drug-likeness (QED) is 0.0209. The third-order valence-electron chi connectivity index (χ3n) is 13.7. The molecule has 0 radical (unpaired) electrons. The van der Waals surface area contributed by atoms with Crippen molar-refractivity contribution in [2.24, 2.45) is 0 Å². The van der Waals surface area contributed by atoms with E-state index in [1.54, 1.807) is 6.08 Å². The molecule has 2 fully saturated rings. The minimum absolute atomic E-state index is 0.236. The number of nitrogens with one attached hydrogen (secondary N) is 1. The van der Waals surface area contributed by atoms with Gasteiger partial charge in [0.25, 0.3) is 0 Å². The zero-order chi connectivity index (χ0) is 48.9. The monoisotopic (exact) mass is 960 g/mol. The number of aliphatic hydroxyl groups excluding tert-OH is 8. The minimum atomic E-state index is -1.78. The van der Waals surface area contributed by atoms with Crippen molar-refractivity contribution in [3.05, 3.63) is 12.2 Å². The van der Waals surface area contributed by atoms with Crippen LogP contribution in [0, 0.1) is 0 Å². The van der Waals surface area contributed by atoms with E-state index >= 15 is 0 Å². The van der Waals surface area contributed by atoms with Gasteiger partial charge >= 0.3 is 0 Å². The summed E-state index contributed by atoms with van der Waals surface area (Å²) in [5.74, 6) is -0.236. The molecule has 1 amide bonds. The average molecular weight is 960 g/mol. The summed E-state index contributed by atoms with van der Waals surface area (Å²) in [7, 11) is 0. The highest BCUT2D eigenvalue weighted by Gasteiger charge is 2.51. The van der Waals surface area contributed by atoms with E-state index in [4.69, 9.17) is 18.9 Å². The number of carbonyl (C=O) groups is 1. The van der Waals surface area contributed by atoms with Gasteiger partial charge in [-0.15, -0.1) is 0 Å². The molecule has 2 saturated heterocycles. The Labute approximate surface area is 406 Å². The standard InChI is InChI=1S/C53H101NO13/c1-3-5-7-9-11-13-15-17-18-19-20-21-22-23-24-25-27-29-31-33-35-37-45(58)54-41(42(57)36-34-32-30-28-26-16-14-12-10-8-6-4-2)40-64-52-50(63)48(61)51(44(39-56)66-52)67-53-49(62)47(60)46(59)43(38-55)65-53/h34,36,41-44,46-53,55-57,59-63H,3-33,35,37-40H2,1-2H3,(H,54,58)/b36-34+/t41-,42+,43+,44+,46-,47?,48?,49?,50?,51+,52+,53-/m0/s1. The molecule has 2 heterocycles. The van der Waals surface area contributed by atoms with E-state index < -0.39 is 86.8 Å². The van der Waals surface area contributed by atoms with Gasteiger partial charge in [-0.05, 0) is 19.3 Å². The first-order valence-electron chi connectivity index (χ1n) is 27.4. The molecule has 67 heavy (non-hydrogen) atoms. The van der Waals surface area contributed by atoms with Crippen LogP contribution in [-0.2, 0) is 23.7 Å². The molecule has 12 atom stereocenters. The van der Waals surface area contributed by atoms with E-state index in [1.165, 1.54) is 161 Å². The van der Waals surface area contributed by atoms with Crippen LogP contribution >= 0.6 is 0 Å². The lowest BCUT2D eigenvalue weighted by Crippen LogP contribution is -2.65. The fraction of sp³-hybridized carbons (Fsp3) is 0.943. The number of carbonyl (C=O) groups excluding carboxylic acids is 1. The Kier molecular flexibility index (Phi) is 37.2. The molecular weight excluding hydrogens is 859 g/mol. The molecule has 2 aliphatic heterocycles. The average Bonchev–Trinajstić information content (AvgIpc) is 3.32. The lowest BCUT2D eigenvalue weighted by atomic mass is 9.97. The summed E-state index contributed by atoms with van der Waals surface area (Å²) in [5, 5.41) is 86.8. The van der Waals surface area contributed by atoms with Crippen LogP contribution in [0.2, 0.25) is 0 Å². The van der Waals surface area contributed by atoms with Crippen molar-refractivity contribution in [1.82, 2.24) is 5.32 Å². The van der Waals surface area contributed by atoms with Crippen molar-refractivity contribution >= 4 is 5.91 Å². The molecular formula is C53H101NO13. The first-order valence-corrected chi connectivity index (χ1v) is 27.4. The van der Waals surface area contributed by atoms with E-state index in [2.05, 4.69) is 19.2 Å². The predicted octanol–water partition coefficient (Wildman–Crippen LogP) is 7.94. The van der Waals surface area contributed by atoms with Crippen LogP contribution in [0.4, 0.5) is 0 Å². The first kappa shape index (κ1) is 61.8. The van der Waals surface area contributed by atoms with Crippen molar-refractivity contribution in [1.29, 1.82) is 0 Å². The van der Waals surface area contributed by atoms with E-state index in [9.17, 15) is 45.6 Å². The summed E-state index contributed by atoms with van der Waals surface area (Å²) in [6.45, 7) is 2.80. The van der Waals surface area contributed by atoms with Gasteiger partial charge in [-0.1, -0.05) is 212 Å². The molecule has 0 saturated carbocycles. The number of hydrogen-bond donors (Lipinski definition) is 9. The summed E-state index contributed by atoms with van der Waals surface area (Å²) >= 11 is 0. The van der Waals surface area contributed by atoms with Gasteiger partial charge in [0.15, 0.2) is 12.6 Å². The zero-order valence-electron chi connectivity index (χ0n) is 42.2. The SMILES string of the molecule is CCCCCCCCCCCC/C=C/[C@@H](O)[C@H](CO[C@@H]1O[C@H](CO)[C@@H](O[C@@H]2O[C@H](CO)[C@H](O)C(O)C2O)C(O)C1O)NC(=O)CCCCCCCCCCCCCCCCCCCCCCC. The van der Waals surface area contributed by atoms with Gasteiger partial charge in [0.1, 0.15) is 48.8 Å². The smallest absolute Gasteiger partial charge is 0.220 e. The fourth-order valence-corrected chi connectivity index (χ4v) is 9.23. The van der Waals surface area contributed by atoms with Crippen LogP contribution in [-0.4, -0.2) is 140 Å². The number of allylic oxidation sites excluding steroid dienone is 1. The van der Waals surface area contributed by atoms with Gasteiger partial charge in [-0.25, -0.2) is 0 Å². The van der Waals surface area contributed by atoms with Gasteiger partial charge in [0.2, 0.25) is 5.91 Å². The summed E-state index contributed by atoms with van der Waals surface area (Å²) in [4.78, 5) is 13.2. The number of aliphatic hydroxyl groups is 8. The van der Waals surface area contributed by atoms with Crippen LogP contribution in [0.3, 0.4) is 0 Å². The maximum atomic E-state index is 13.2. The van der Waals surface area contributed by atoms with Gasteiger partial charge in [-0.3, -0.25) is 4.79 Å². The Hall–Kier alpha value is -1.27. The summed E-state index contributed by atoms with van der Waals surface area (Å²) < 4.78 is 22.7. The number of hydrogen-bond acceptors (Lipinski definition) is 13. The third-order valence-corrected chi connectivity index (χ3v) is 13.7. The van der Waals surface area contributed by atoms with E-state index in [-0.39, 0.29) is 18.9 Å². The summed E-state index contributed by atoms with van der Waals surface area (Å²) in [6, 6.07) is -0.907. The molecule has 14 nitrogen and oxygen atoms in total. The molecule has 2 rings (SSSR count). The predicted molar refractivity (Wildman–Crippen MR) is 263 cm³/mol. The van der Waals surface area contributed by atoms with Crippen molar-refractivity contribution in [3.63, 3.8) is 0 Å². The largest absolute Gasteiger partial charge is 0.394 e. The third kappa shape index (κ3) is 27.2. The molecule has 0 spiro atoms. The lowest BCUT2D eigenvalue weighted by Gasteiger charge is -2.46. The number of rotatable bonds is 43. The van der Waals surface area contributed by atoms with Crippen LogP contribution in [0.1, 0.15) is 226 Å². The number of amides is 1. The van der Waals surface area contributed by atoms with E-state index in [1.807, 2.05) is 6.08 Å². The molecule has 0 aliphatic carbocycles. The van der Waals surface area contributed by atoms with E-state index in [0.29, 0.717) is 6.42 Å². The van der Waals surface area contributed by atoms with Crippen LogP contribution in [0.15, 0.2) is 12.2 Å². The molecule has 0 bridgehead atoms. The topological polar surface area (TPSA) is 228 Å². The molecule has 14 heteroatoms. The second-order valence-corrected chi connectivity index (χ2v) is 19.7. The normalized spacial score (nSPS) is 26.6. The highest BCUT2D eigenvalue weighted by Crippen LogP contribution is 2.30. The summed E-state index contributed by atoms with van der Waals surface area (Å²) in [6.07, 6.45) is 26.8. The second-order valence-electron chi connectivity index (χ2n) is 19.7. The second kappa shape index (κ2) is 40.3.